The second kappa shape index (κ2) is 8.23. The van der Waals surface area contributed by atoms with E-state index < -0.39 is 5.91 Å². The number of hydrogen-bond acceptors (Lipinski definition) is 7. The van der Waals surface area contributed by atoms with E-state index in [1.807, 2.05) is 6.20 Å². The van der Waals surface area contributed by atoms with Gasteiger partial charge in [-0.2, -0.15) is 5.10 Å². The number of nitrogens with one attached hydrogen (secondary N) is 1. The molecule has 1 aliphatic carbocycles. The number of amides is 1. The molecule has 3 heterocycles. The van der Waals surface area contributed by atoms with Gasteiger partial charge in [-0.1, -0.05) is 0 Å². The van der Waals surface area contributed by atoms with Crippen LogP contribution in [0.3, 0.4) is 0 Å². The summed E-state index contributed by atoms with van der Waals surface area (Å²) in [6.07, 6.45) is 4.34. The molecule has 5 rings (SSSR count). The Kier molecular flexibility index (Phi) is 5.26. The third-order valence-corrected chi connectivity index (χ3v) is 6.33. The Hall–Kier alpha value is -3.46. The first kappa shape index (κ1) is 20.4. The van der Waals surface area contributed by atoms with Gasteiger partial charge in [0.15, 0.2) is 0 Å². The molecule has 0 bridgehead atoms. The zero-order valence-electron chi connectivity index (χ0n) is 18.5. The minimum Gasteiger partial charge on any atom is -0.369 e. The highest BCUT2D eigenvalue weighted by atomic mass is 16.1. The van der Waals surface area contributed by atoms with Gasteiger partial charge >= 0.3 is 0 Å². The van der Waals surface area contributed by atoms with Crippen LogP contribution in [0.5, 0.6) is 0 Å². The third kappa shape index (κ3) is 3.80. The number of nitrogens with two attached hydrogens (primary N) is 1. The summed E-state index contributed by atoms with van der Waals surface area (Å²) < 4.78 is 1.56. The van der Waals surface area contributed by atoms with E-state index in [0.717, 1.165) is 73.6 Å². The lowest BCUT2D eigenvalue weighted by Gasteiger charge is -2.34. The van der Waals surface area contributed by atoms with E-state index in [1.54, 1.807) is 11.7 Å². The van der Waals surface area contributed by atoms with E-state index in [1.165, 1.54) is 5.69 Å². The first-order valence-electron chi connectivity index (χ1n) is 11.0. The molecule has 9 heteroatoms. The van der Waals surface area contributed by atoms with Gasteiger partial charge in [-0.05, 0) is 56.1 Å². The van der Waals surface area contributed by atoms with Gasteiger partial charge in [-0.25, -0.2) is 9.97 Å². The van der Waals surface area contributed by atoms with E-state index in [2.05, 4.69) is 56.5 Å². The van der Waals surface area contributed by atoms with Crippen LogP contribution in [0, 0.1) is 0 Å². The lowest BCUT2D eigenvalue weighted by Crippen LogP contribution is -2.44. The number of carbonyl (C=O) groups is 1. The van der Waals surface area contributed by atoms with Crippen molar-refractivity contribution in [1.82, 2.24) is 24.6 Å². The summed E-state index contributed by atoms with van der Waals surface area (Å²) in [5.74, 6) is 0.0489. The highest BCUT2D eigenvalue weighted by Crippen LogP contribution is 2.32. The second-order valence-corrected chi connectivity index (χ2v) is 8.55. The largest absolute Gasteiger partial charge is 0.369 e. The van der Waals surface area contributed by atoms with Gasteiger partial charge in [0.2, 0.25) is 5.95 Å². The summed E-state index contributed by atoms with van der Waals surface area (Å²) in [6.45, 7) is 4.24. The summed E-state index contributed by atoms with van der Waals surface area (Å²) in [4.78, 5) is 26.0. The monoisotopic (exact) mass is 432 g/mol. The standard InChI is InChI=1S/C23H28N8O/c1-29-10-12-31(13-11-29)17-8-6-16(7-9-17)26-23-25-14-15-4-3-5-18-20(19(15)27-23)28-30(2)21(18)22(24)32/h6-9,14H,3-5,10-13H2,1-2H3,(H2,24,32)(H,25,26,27). The van der Waals surface area contributed by atoms with Gasteiger partial charge in [0, 0.05) is 56.4 Å². The zero-order valence-corrected chi connectivity index (χ0v) is 18.5. The van der Waals surface area contributed by atoms with Gasteiger partial charge in [0.1, 0.15) is 11.4 Å². The van der Waals surface area contributed by atoms with Crippen LogP contribution in [0.1, 0.15) is 28.0 Å². The molecule has 1 aromatic carbocycles. The van der Waals surface area contributed by atoms with Crippen molar-refractivity contribution >= 4 is 23.2 Å². The van der Waals surface area contributed by atoms with Crippen molar-refractivity contribution in [1.29, 1.82) is 0 Å². The minimum absolute atomic E-state index is 0.459. The summed E-state index contributed by atoms with van der Waals surface area (Å²) in [6, 6.07) is 8.38. The lowest BCUT2D eigenvalue weighted by atomic mass is 10.1. The van der Waals surface area contributed by atoms with Crippen LogP contribution in [0.15, 0.2) is 30.5 Å². The summed E-state index contributed by atoms with van der Waals surface area (Å²) in [5, 5.41) is 7.89. The number of likely N-dealkylation sites (N-methyl/N-ethyl adjacent to an activating group) is 1. The average Bonchev–Trinajstić information content (AvgIpc) is 3.02. The van der Waals surface area contributed by atoms with Gasteiger partial charge < -0.3 is 20.9 Å². The Morgan fingerprint density at radius 2 is 1.78 bits per heavy atom. The topological polar surface area (TPSA) is 105 Å². The van der Waals surface area contributed by atoms with Crippen molar-refractivity contribution < 1.29 is 4.79 Å². The minimum atomic E-state index is -0.461. The Bertz CT molecular complexity index is 1150. The SMILES string of the molecule is CN1CCN(c2ccc(Nc3ncc4c(n3)-c3nn(C)c(C(N)=O)c3CCC4)cc2)CC1. The highest BCUT2D eigenvalue weighted by Gasteiger charge is 2.26. The molecule has 1 amide bonds. The highest BCUT2D eigenvalue weighted by molar-refractivity contribution is 5.94. The van der Waals surface area contributed by atoms with Gasteiger partial charge in [0.25, 0.3) is 5.91 Å². The fourth-order valence-corrected chi connectivity index (χ4v) is 4.56. The molecular weight excluding hydrogens is 404 g/mol. The van der Waals surface area contributed by atoms with Crippen molar-refractivity contribution in [3.8, 4) is 11.4 Å². The number of piperazine rings is 1. The lowest BCUT2D eigenvalue weighted by molar-refractivity contribution is 0.0990. The number of aryl methyl sites for hydroxylation is 2. The van der Waals surface area contributed by atoms with Crippen molar-refractivity contribution in [3.05, 3.63) is 47.3 Å². The number of aromatic nitrogens is 4. The van der Waals surface area contributed by atoms with E-state index in [9.17, 15) is 4.79 Å². The second-order valence-electron chi connectivity index (χ2n) is 8.55. The number of carbonyl (C=O) groups excluding carboxylic acids is 1. The molecule has 1 saturated heterocycles. The molecular formula is C23H28N8O. The van der Waals surface area contributed by atoms with Gasteiger partial charge in [-0.3, -0.25) is 9.48 Å². The van der Waals surface area contributed by atoms with Crippen LogP contribution in [0.4, 0.5) is 17.3 Å². The normalized spacial score (nSPS) is 16.2. The maximum atomic E-state index is 12.0. The number of fused-ring (bicyclic) bond motifs is 3. The van der Waals surface area contributed by atoms with Gasteiger partial charge in [0.05, 0.1) is 5.69 Å². The van der Waals surface area contributed by atoms with Crippen LogP contribution < -0.4 is 16.0 Å². The molecule has 1 fully saturated rings. The van der Waals surface area contributed by atoms with E-state index in [0.29, 0.717) is 11.6 Å². The first-order valence-corrected chi connectivity index (χ1v) is 11.0. The van der Waals surface area contributed by atoms with Gasteiger partial charge in [-0.15, -0.1) is 0 Å². The van der Waals surface area contributed by atoms with Crippen molar-refractivity contribution in [2.75, 3.05) is 43.4 Å². The molecule has 166 valence electrons. The predicted octanol–water partition coefficient (Wildman–Crippen LogP) is 1.96. The smallest absolute Gasteiger partial charge is 0.267 e. The molecule has 0 spiro atoms. The fourth-order valence-electron chi connectivity index (χ4n) is 4.56. The molecule has 1 aliphatic heterocycles. The van der Waals surface area contributed by atoms with E-state index >= 15 is 0 Å². The number of primary amides is 1. The van der Waals surface area contributed by atoms with Crippen molar-refractivity contribution in [2.45, 2.75) is 19.3 Å². The molecule has 9 nitrogen and oxygen atoms in total. The van der Waals surface area contributed by atoms with Crippen LogP contribution in [-0.4, -0.2) is 63.8 Å². The number of rotatable bonds is 4. The molecule has 3 aromatic rings. The summed E-state index contributed by atoms with van der Waals surface area (Å²) in [7, 11) is 3.91. The number of hydrogen-bond donors (Lipinski definition) is 2. The Morgan fingerprint density at radius 3 is 2.50 bits per heavy atom. The average molecular weight is 433 g/mol. The number of anilines is 3. The summed E-state index contributed by atoms with van der Waals surface area (Å²) >= 11 is 0. The van der Waals surface area contributed by atoms with Crippen LogP contribution in [-0.2, 0) is 19.9 Å². The molecule has 2 aliphatic rings. The summed E-state index contributed by atoms with van der Waals surface area (Å²) in [5.41, 5.74) is 11.6. The quantitative estimate of drug-likeness (QED) is 0.649. The van der Waals surface area contributed by atoms with E-state index in [4.69, 9.17) is 10.7 Å². The van der Waals surface area contributed by atoms with Crippen molar-refractivity contribution in [3.63, 3.8) is 0 Å². The Labute approximate surface area is 187 Å². The molecule has 0 radical (unpaired) electrons. The maximum Gasteiger partial charge on any atom is 0.267 e. The Balaban J connectivity index is 1.40. The molecule has 32 heavy (non-hydrogen) atoms. The van der Waals surface area contributed by atoms with Crippen LogP contribution in [0.2, 0.25) is 0 Å². The maximum absolute atomic E-state index is 12.0. The molecule has 2 aromatic heterocycles. The number of nitrogens with zero attached hydrogens (tertiary/aromatic N) is 6. The molecule has 0 unspecified atom stereocenters. The Morgan fingerprint density at radius 1 is 1.03 bits per heavy atom. The molecule has 0 saturated carbocycles. The predicted molar refractivity (Wildman–Crippen MR) is 124 cm³/mol. The zero-order chi connectivity index (χ0) is 22.2. The van der Waals surface area contributed by atoms with Crippen LogP contribution in [0.25, 0.3) is 11.4 Å². The van der Waals surface area contributed by atoms with E-state index in [-0.39, 0.29) is 0 Å². The first-order chi connectivity index (χ1) is 15.5. The fraction of sp³-hybridized carbons (Fsp3) is 0.391. The molecule has 3 N–H and O–H groups in total. The molecule has 0 atom stereocenters. The van der Waals surface area contributed by atoms with Crippen molar-refractivity contribution in [2.24, 2.45) is 12.8 Å². The van der Waals surface area contributed by atoms with Crippen LogP contribution >= 0.6 is 0 Å². The third-order valence-electron chi connectivity index (χ3n) is 6.33. The number of benzene rings is 1.